The van der Waals surface area contributed by atoms with E-state index in [4.69, 9.17) is 11.6 Å². The van der Waals surface area contributed by atoms with Crippen molar-refractivity contribution in [1.82, 2.24) is 0 Å². The first-order valence-corrected chi connectivity index (χ1v) is 4.20. The van der Waals surface area contributed by atoms with E-state index in [2.05, 4.69) is 6.08 Å². The van der Waals surface area contributed by atoms with Gasteiger partial charge < -0.3 is 0 Å². The summed E-state index contributed by atoms with van der Waals surface area (Å²) in [4.78, 5) is 10.5. The number of allylic oxidation sites excluding steroid dienone is 4. The van der Waals surface area contributed by atoms with E-state index in [-0.39, 0.29) is 0 Å². The summed E-state index contributed by atoms with van der Waals surface area (Å²) in [5, 5.41) is 0.675. The van der Waals surface area contributed by atoms with Crippen LogP contribution in [0, 0.1) is 0 Å². The summed E-state index contributed by atoms with van der Waals surface area (Å²) in [6.45, 7) is 2.04. The summed E-state index contributed by atoms with van der Waals surface area (Å²) < 4.78 is 0. The number of hydrogen-bond donors (Lipinski definition) is 0. The molecule has 0 spiro atoms. The molecule has 0 N–H and O–H groups in total. The second-order valence-electron chi connectivity index (χ2n) is 2.58. The number of halogens is 1. The van der Waals surface area contributed by atoms with Crippen LogP contribution in [0.5, 0.6) is 0 Å². The molecular formula is C9H11ClO. The van der Waals surface area contributed by atoms with E-state index in [0.29, 0.717) is 5.03 Å². The molecule has 0 unspecified atom stereocenters. The highest BCUT2D eigenvalue weighted by Gasteiger charge is 2.11. The Kier molecular flexibility index (Phi) is 2.89. The molecule has 60 valence electrons. The van der Waals surface area contributed by atoms with Crippen LogP contribution in [0.15, 0.2) is 22.3 Å². The minimum absolute atomic E-state index is 0.675. The Balaban J connectivity index is 2.92. The second kappa shape index (κ2) is 3.72. The standard InChI is InChI=1S/C9H11ClO/c1-2-7-4-3-5-8(6-11)9(7)10/h4,6H,2-3,5H2,1H3. The summed E-state index contributed by atoms with van der Waals surface area (Å²) >= 11 is 5.93. The van der Waals surface area contributed by atoms with Crippen LogP contribution in [0.2, 0.25) is 0 Å². The van der Waals surface area contributed by atoms with Crippen molar-refractivity contribution in [2.75, 3.05) is 0 Å². The van der Waals surface area contributed by atoms with E-state index in [1.165, 1.54) is 0 Å². The number of carbonyl (C=O) groups is 1. The van der Waals surface area contributed by atoms with E-state index < -0.39 is 0 Å². The maximum Gasteiger partial charge on any atom is 0.147 e. The van der Waals surface area contributed by atoms with Gasteiger partial charge in [0, 0.05) is 10.6 Å². The van der Waals surface area contributed by atoms with Crippen molar-refractivity contribution in [3.8, 4) is 0 Å². The highest BCUT2D eigenvalue weighted by atomic mass is 35.5. The molecule has 0 saturated carbocycles. The molecule has 11 heavy (non-hydrogen) atoms. The number of rotatable bonds is 2. The third kappa shape index (κ3) is 1.72. The molecule has 0 fully saturated rings. The van der Waals surface area contributed by atoms with Crippen molar-refractivity contribution < 1.29 is 4.79 Å². The van der Waals surface area contributed by atoms with Crippen LogP contribution < -0.4 is 0 Å². The summed E-state index contributed by atoms with van der Waals surface area (Å²) in [7, 11) is 0. The highest BCUT2D eigenvalue weighted by Crippen LogP contribution is 2.28. The van der Waals surface area contributed by atoms with E-state index >= 15 is 0 Å². The van der Waals surface area contributed by atoms with Gasteiger partial charge in [0.15, 0.2) is 0 Å². The molecule has 1 aliphatic rings. The van der Waals surface area contributed by atoms with Crippen LogP contribution in [0.25, 0.3) is 0 Å². The Morgan fingerprint density at radius 3 is 3.00 bits per heavy atom. The van der Waals surface area contributed by atoms with Crippen molar-refractivity contribution >= 4 is 17.9 Å². The Labute approximate surface area is 71.7 Å². The van der Waals surface area contributed by atoms with E-state index in [9.17, 15) is 4.79 Å². The summed E-state index contributed by atoms with van der Waals surface area (Å²) in [5.41, 5.74) is 1.87. The molecule has 1 rings (SSSR count). The molecular weight excluding hydrogens is 160 g/mol. The fraction of sp³-hybridized carbons (Fsp3) is 0.444. The van der Waals surface area contributed by atoms with Gasteiger partial charge in [0.1, 0.15) is 6.29 Å². The first-order chi connectivity index (χ1) is 5.29. The molecule has 0 aromatic carbocycles. The fourth-order valence-corrected chi connectivity index (χ4v) is 1.57. The van der Waals surface area contributed by atoms with Gasteiger partial charge in [0.25, 0.3) is 0 Å². The number of carbonyl (C=O) groups excluding carboxylic acids is 1. The lowest BCUT2D eigenvalue weighted by molar-refractivity contribution is -0.105. The van der Waals surface area contributed by atoms with Crippen molar-refractivity contribution in [3.63, 3.8) is 0 Å². The molecule has 0 aromatic rings. The molecule has 1 nitrogen and oxygen atoms in total. The monoisotopic (exact) mass is 170 g/mol. The number of aldehydes is 1. The first-order valence-electron chi connectivity index (χ1n) is 3.82. The minimum atomic E-state index is 0.675. The van der Waals surface area contributed by atoms with Gasteiger partial charge in [-0.1, -0.05) is 24.6 Å². The second-order valence-corrected chi connectivity index (χ2v) is 2.96. The Morgan fingerprint density at radius 2 is 2.45 bits per heavy atom. The molecule has 0 atom stereocenters. The molecule has 2 heteroatoms. The van der Waals surface area contributed by atoms with Crippen LogP contribution in [0.3, 0.4) is 0 Å². The third-order valence-electron chi connectivity index (χ3n) is 1.89. The molecule has 0 radical (unpaired) electrons. The van der Waals surface area contributed by atoms with Gasteiger partial charge in [-0.15, -0.1) is 0 Å². The zero-order valence-electron chi connectivity index (χ0n) is 6.56. The zero-order chi connectivity index (χ0) is 8.27. The molecule has 0 aromatic heterocycles. The molecule has 0 amide bonds. The van der Waals surface area contributed by atoms with E-state index in [0.717, 1.165) is 36.7 Å². The lowest BCUT2D eigenvalue weighted by Gasteiger charge is -2.11. The topological polar surface area (TPSA) is 17.1 Å². The Bertz CT molecular complexity index is 226. The predicted octanol–water partition coefficient (Wildman–Crippen LogP) is 2.81. The van der Waals surface area contributed by atoms with Gasteiger partial charge in [-0.2, -0.15) is 0 Å². The minimum Gasteiger partial charge on any atom is -0.298 e. The maximum atomic E-state index is 10.5. The smallest absolute Gasteiger partial charge is 0.147 e. The normalized spacial score (nSPS) is 18.2. The van der Waals surface area contributed by atoms with Gasteiger partial charge >= 0.3 is 0 Å². The first kappa shape index (κ1) is 8.54. The van der Waals surface area contributed by atoms with Crippen LogP contribution in [0.4, 0.5) is 0 Å². The summed E-state index contributed by atoms with van der Waals surface area (Å²) in [6, 6.07) is 0. The summed E-state index contributed by atoms with van der Waals surface area (Å²) in [5.74, 6) is 0. The third-order valence-corrected chi connectivity index (χ3v) is 2.38. The fourth-order valence-electron chi connectivity index (χ4n) is 1.22. The summed E-state index contributed by atoms with van der Waals surface area (Å²) in [6.07, 6.45) is 5.63. The van der Waals surface area contributed by atoms with Crippen molar-refractivity contribution in [2.24, 2.45) is 0 Å². The largest absolute Gasteiger partial charge is 0.298 e. The molecule has 0 aliphatic heterocycles. The van der Waals surface area contributed by atoms with Gasteiger partial charge in [-0.3, -0.25) is 4.79 Å². The highest BCUT2D eigenvalue weighted by molar-refractivity contribution is 6.33. The van der Waals surface area contributed by atoms with Crippen molar-refractivity contribution in [3.05, 3.63) is 22.3 Å². The van der Waals surface area contributed by atoms with Crippen LogP contribution >= 0.6 is 11.6 Å². The average molecular weight is 171 g/mol. The van der Waals surface area contributed by atoms with E-state index in [1.807, 2.05) is 6.92 Å². The maximum absolute atomic E-state index is 10.5. The number of hydrogen-bond acceptors (Lipinski definition) is 1. The zero-order valence-corrected chi connectivity index (χ0v) is 7.32. The molecule has 0 saturated heterocycles. The molecule has 0 bridgehead atoms. The van der Waals surface area contributed by atoms with Gasteiger partial charge in [-0.05, 0) is 24.8 Å². The lowest BCUT2D eigenvalue weighted by atomic mass is 9.99. The van der Waals surface area contributed by atoms with Crippen LogP contribution in [-0.4, -0.2) is 6.29 Å². The predicted molar refractivity (Wildman–Crippen MR) is 46.6 cm³/mol. The van der Waals surface area contributed by atoms with Crippen molar-refractivity contribution in [1.29, 1.82) is 0 Å². The van der Waals surface area contributed by atoms with Crippen molar-refractivity contribution in [2.45, 2.75) is 26.2 Å². The van der Waals surface area contributed by atoms with E-state index in [1.54, 1.807) is 0 Å². The lowest BCUT2D eigenvalue weighted by Crippen LogP contribution is -1.97. The van der Waals surface area contributed by atoms with Crippen LogP contribution in [0.1, 0.15) is 26.2 Å². The average Bonchev–Trinajstić information content (AvgIpc) is 2.05. The Morgan fingerprint density at radius 1 is 1.73 bits per heavy atom. The van der Waals surface area contributed by atoms with Gasteiger partial charge in [-0.25, -0.2) is 0 Å². The molecule has 1 aliphatic carbocycles. The van der Waals surface area contributed by atoms with Gasteiger partial charge in [0.2, 0.25) is 0 Å². The quantitative estimate of drug-likeness (QED) is 0.583. The van der Waals surface area contributed by atoms with Gasteiger partial charge in [0.05, 0.1) is 0 Å². The van der Waals surface area contributed by atoms with Crippen LogP contribution in [-0.2, 0) is 4.79 Å². The SMILES string of the molecule is CCC1=CCCC(C=O)=C1Cl. The molecule has 0 heterocycles. The Hall–Kier alpha value is -0.560.